The number of halogens is 1. The van der Waals surface area contributed by atoms with Crippen LogP contribution in [-0.4, -0.2) is 10.1 Å². The molecule has 0 amide bonds. The number of aromatic nitrogens is 1. The summed E-state index contributed by atoms with van der Waals surface area (Å²) in [6, 6.07) is 11.4. The predicted octanol–water partition coefficient (Wildman–Crippen LogP) is 3.94. The Kier molecular flexibility index (Phi) is 4.05. The fourth-order valence-corrected chi connectivity index (χ4v) is 2.66. The Bertz CT molecular complexity index is 502. The first kappa shape index (κ1) is 12.4. The van der Waals surface area contributed by atoms with E-state index in [0.717, 1.165) is 15.5 Å². The number of pyridine rings is 1. The van der Waals surface area contributed by atoms with Crippen LogP contribution in [-0.2, 0) is 0 Å². The fourth-order valence-electron chi connectivity index (χ4n) is 1.44. The number of hydrogen-bond acceptors (Lipinski definition) is 3. The van der Waals surface area contributed by atoms with Gasteiger partial charge in [-0.15, -0.1) is 0 Å². The fraction of sp³-hybridized carbons (Fsp3) is 0.154. The number of rotatable bonds is 3. The molecular weight excluding hydrogens is 254 g/mol. The molecule has 1 unspecified atom stereocenters. The van der Waals surface area contributed by atoms with E-state index < -0.39 is 6.10 Å². The van der Waals surface area contributed by atoms with Crippen LogP contribution in [0.25, 0.3) is 0 Å². The Morgan fingerprint density at radius 2 is 2.12 bits per heavy atom. The summed E-state index contributed by atoms with van der Waals surface area (Å²) in [6.45, 7) is 1.70. The van der Waals surface area contributed by atoms with Crippen molar-refractivity contribution in [2.45, 2.75) is 22.9 Å². The van der Waals surface area contributed by atoms with Crippen LogP contribution in [0.3, 0.4) is 0 Å². The molecule has 1 aromatic heterocycles. The molecule has 88 valence electrons. The summed E-state index contributed by atoms with van der Waals surface area (Å²) >= 11 is 7.64. The molecular formula is C13H12ClNOS. The lowest BCUT2D eigenvalue weighted by atomic mass is 10.1. The molecule has 0 aliphatic carbocycles. The summed E-state index contributed by atoms with van der Waals surface area (Å²) < 4.78 is 0. The molecule has 2 nitrogen and oxygen atoms in total. The monoisotopic (exact) mass is 265 g/mol. The minimum Gasteiger partial charge on any atom is -0.389 e. The van der Waals surface area contributed by atoms with Crippen LogP contribution in [0, 0.1) is 0 Å². The second kappa shape index (κ2) is 5.54. The molecule has 4 heteroatoms. The zero-order chi connectivity index (χ0) is 12.3. The first-order chi connectivity index (χ1) is 8.16. The van der Waals surface area contributed by atoms with E-state index in [-0.39, 0.29) is 0 Å². The van der Waals surface area contributed by atoms with Gasteiger partial charge in [0.25, 0.3) is 0 Å². The molecule has 2 aromatic rings. The Morgan fingerprint density at radius 1 is 1.29 bits per heavy atom. The maximum atomic E-state index is 9.48. The number of aliphatic hydroxyl groups is 1. The van der Waals surface area contributed by atoms with Gasteiger partial charge in [-0.2, -0.15) is 0 Å². The highest BCUT2D eigenvalue weighted by Crippen LogP contribution is 2.31. The third-order valence-electron chi connectivity index (χ3n) is 2.28. The SMILES string of the molecule is CC(O)c1ccc(Sc2ccccn2)cc1Cl. The molecule has 0 aliphatic heterocycles. The number of benzene rings is 1. The predicted molar refractivity (Wildman–Crippen MR) is 70.4 cm³/mol. The number of aliphatic hydroxyl groups excluding tert-OH is 1. The van der Waals surface area contributed by atoms with Crippen LogP contribution < -0.4 is 0 Å². The Morgan fingerprint density at radius 3 is 2.71 bits per heavy atom. The summed E-state index contributed by atoms with van der Waals surface area (Å²) in [5, 5.41) is 11.0. The van der Waals surface area contributed by atoms with Gasteiger partial charge in [-0.1, -0.05) is 35.5 Å². The van der Waals surface area contributed by atoms with Crippen molar-refractivity contribution in [1.29, 1.82) is 0 Å². The average Bonchev–Trinajstić information content (AvgIpc) is 2.30. The van der Waals surface area contributed by atoms with Gasteiger partial charge in [0.05, 0.1) is 6.10 Å². The van der Waals surface area contributed by atoms with Crippen molar-refractivity contribution in [2.24, 2.45) is 0 Å². The zero-order valence-corrected chi connectivity index (χ0v) is 10.9. The highest BCUT2D eigenvalue weighted by molar-refractivity contribution is 7.99. The summed E-state index contributed by atoms with van der Waals surface area (Å²) in [4.78, 5) is 5.24. The summed E-state index contributed by atoms with van der Waals surface area (Å²) in [5.41, 5.74) is 0.747. The van der Waals surface area contributed by atoms with E-state index in [1.54, 1.807) is 24.9 Å². The largest absolute Gasteiger partial charge is 0.389 e. The van der Waals surface area contributed by atoms with Crippen LogP contribution in [0.4, 0.5) is 0 Å². The Balaban J connectivity index is 2.21. The van der Waals surface area contributed by atoms with Crippen molar-refractivity contribution in [3.05, 3.63) is 53.2 Å². The van der Waals surface area contributed by atoms with Gasteiger partial charge in [0.1, 0.15) is 5.03 Å². The standard InChI is InChI=1S/C13H12ClNOS/c1-9(16)11-6-5-10(8-12(11)14)17-13-4-2-3-7-15-13/h2-9,16H,1H3. The van der Waals surface area contributed by atoms with Crippen LogP contribution in [0.1, 0.15) is 18.6 Å². The highest BCUT2D eigenvalue weighted by atomic mass is 35.5. The molecule has 1 aromatic carbocycles. The van der Waals surface area contributed by atoms with E-state index in [4.69, 9.17) is 11.6 Å². The highest BCUT2D eigenvalue weighted by Gasteiger charge is 2.07. The van der Waals surface area contributed by atoms with Gasteiger partial charge in [-0.05, 0) is 36.8 Å². The third kappa shape index (κ3) is 3.22. The summed E-state index contributed by atoms with van der Waals surface area (Å²) in [6.07, 6.45) is 1.21. The van der Waals surface area contributed by atoms with E-state index in [2.05, 4.69) is 4.98 Å². The molecule has 1 N–H and O–H groups in total. The zero-order valence-electron chi connectivity index (χ0n) is 9.30. The first-order valence-electron chi connectivity index (χ1n) is 5.23. The van der Waals surface area contributed by atoms with Crippen molar-refractivity contribution in [3.8, 4) is 0 Å². The van der Waals surface area contributed by atoms with E-state index in [0.29, 0.717) is 5.02 Å². The van der Waals surface area contributed by atoms with Gasteiger partial charge in [0, 0.05) is 16.1 Å². The molecule has 1 heterocycles. The first-order valence-corrected chi connectivity index (χ1v) is 6.42. The molecule has 2 rings (SSSR count). The summed E-state index contributed by atoms with van der Waals surface area (Å²) in [5.74, 6) is 0. The van der Waals surface area contributed by atoms with E-state index in [1.165, 1.54) is 0 Å². The average molecular weight is 266 g/mol. The summed E-state index contributed by atoms with van der Waals surface area (Å²) in [7, 11) is 0. The lowest BCUT2D eigenvalue weighted by Crippen LogP contribution is -1.92. The van der Waals surface area contributed by atoms with Crippen LogP contribution in [0.5, 0.6) is 0 Å². The van der Waals surface area contributed by atoms with E-state index in [9.17, 15) is 5.11 Å². The maximum absolute atomic E-state index is 9.48. The lowest BCUT2D eigenvalue weighted by Gasteiger charge is -2.08. The molecule has 0 radical (unpaired) electrons. The third-order valence-corrected chi connectivity index (χ3v) is 3.55. The molecule has 1 atom stereocenters. The van der Waals surface area contributed by atoms with Crippen molar-refractivity contribution in [2.75, 3.05) is 0 Å². The second-order valence-electron chi connectivity index (χ2n) is 3.63. The van der Waals surface area contributed by atoms with Crippen molar-refractivity contribution >= 4 is 23.4 Å². The normalized spacial score (nSPS) is 12.4. The van der Waals surface area contributed by atoms with E-state index in [1.807, 2.05) is 36.4 Å². The Hall–Kier alpha value is -1.03. The van der Waals surface area contributed by atoms with Crippen molar-refractivity contribution < 1.29 is 5.11 Å². The van der Waals surface area contributed by atoms with Gasteiger partial charge in [0.15, 0.2) is 0 Å². The van der Waals surface area contributed by atoms with Crippen LogP contribution >= 0.6 is 23.4 Å². The lowest BCUT2D eigenvalue weighted by molar-refractivity contribution is 0.199. The second-order valence-corrected chi connectivity index (χ2v) is 5.13. The van der Waals surface area contributed by atoms with Crippen LogP contribution in [0.2, 0.25) is 5.02 Å². The minimum atomic E-state index is -0.545. The topological polar surface area (TPSA) is 33.1 Å². The van der Waals surface area contributed by atoms with Crippen molar-refractivity contribution in [3.63, 3.8) is 0 Å². The van der Waals surface area contributed by atoms with Crippen molar-refractivity contribution in [1.82, 2.24) is 4.98 Å². The Labute approximate surface area is 110 Å². The smallest absolute Gasteiger partial charge is 0.101 e. The minimum absolute atomic E-state index is 0.545. The molecule has 0 fully saturated rings. The maximum Gasteiger partial charge on any atom is 0.101 e. The van der Waals surface area contributed by atoms with Gasteiger partial charge >= 0.3 is 0 Å². The van der Waals surface area contributed by atoms with E-state index >= 15 is 0 Å². The van der Waals surface area contributed by atoms with Gasteiger partial charge in [-0.3, -0.25) is 0 Å². The number of hydrogen-bond donors (Lipinski definition) is 1. The molecule has 0 saturated carbocycles. The quantitative estimate of drug-likeness (QED) is 0.913. The molecule has 0 bridgehead atoms. The molecule has 17 heavy (non-hydrogen) atoms. The molecule has 0 saturated heterocycles. The van der Waals surface area contributed by atoms with Gasteiger partial charge < -0.3 is 5.11 Å². The molecule has 0 aliphatic rings. The van der Waals surface area contributed by atoms with Gasteiger partial charge in [0.2, 0.25) is 0 Å². The number of nitrogens with zero attached hydrogens (tertiary/aromatic N) is 1. The molecule has 0 spiro atoms. The van der Waals surface area contributed by atoms with Crippen LogP contribution in [0.15, 0.2) is 52.5 Å². The van der Waals surface area contributed by atoms with Gasteiger partial charge in [-0.25, -0.2) is 4.98 Å².